The van der Waals surface area contributed by atoms with Gasteiger partial charge in [-0.05, 0) is 42.4 Å². The van der Waals surface area contributed by atoms with E-state index in [4.69, 9.17) is 9.26 Å². The van der Waals surface area contributed by atoms with Gasteiger partial charge in [-0.1, -0.05) is 5.16 Å². The second kappa shape index (κ2) is 6.37. The van der Waals surface area contributed by atoms with Crippen molar-refractivity contribution in [2.24, 2.45) is 17.8 Å². The smallest absolute Gasteiger partial charge is 0.227 e. The van der Waals surface area contributed by atoms with Gasteiger partial charge in [-0.15, -0.1) is 0 Å². The maximum absolute atomic E-state index is 5.85. The van der Waals surface area contributed by atoms with Crippen molar-refractivity contribution >= 4 is 0 Å². The van der Waals surface area contributed by atoms with Crippen molar-refractivity contribution in [1.29, 1.82) is 0 Å². The summed E-state index contributed by atoms with van der Waals surface area (Å²) in [6.45, 7) is 6.74. The zero-order chi connectivity index (χ0) is 15.6. The molecule has 0 N–H and O–H groups in total. The zero-order valence-electron chi connectivity index (χ0n) is 13.4. The summed E-state index contributed by atoms with van der Waals surface area (Å²) in [7, 11) is 0. The highest BCUT2D eigenvalue weighted by Gasteiger charge is 2.41. The molecule has 0 saturated carbocycles. The van der Waals surface area contributed by atoms with E-state index in [0.29, 0.717) is 23.6 Å². The van der Waals surface area contributed by atoms with E-state index in [1.165, 1.54) is 5.56 Å². The van der Waals surface area contributed by atoms with E-state index in [1.54, 1.807) is 0 Å². The minimum Gasteiger partial charge on any atom is -0.381 e. The molecule has 23 heavy (non-hydrogen) atoms. The number of hydrogen-bond acceptors (Lipinski definition) is 6. The molecule has 2 aromatic rings. The number of rotatable bonds is 4. The van der Waals surface area contributed by atoms with Crippen LogP contribution >= 0.6 is 0 Å². The molecule has 2 fully saturated rings. The molecular formula is C17H22N4O2. The molecule has 2 aromatic heterocycles. The van der Waals surface area contributed by atoms with Crippen LogP contribution in [0.4, 0.5) is 0 Å². The first-order chi connectivity index (χ1) is 11.3. The molecule has 6 nitrogen and oxygen atoms in total. The molecule has 0 amide bonds. The Bertz CT molecular complexity index is 645. The molecule has 2 aliphatic heterocycles. The maximum atomic E-state index is 5.85. The van der Waals surface area contributed by atoms with Gasteiger partial charge in [0.1, 0.15) is 0 Å². The topological polar surface area (TPSA) is 64.3 Å². The van der Waals surface area contributed by atoms with E-state index < -0.39 is 0 Å². The van der Waals surface area contributed by atoms with Crippen molar-refractivity contribution < 1.29 is 9.26 Å². The first-order valence-electron chi connectivity index (χ1n) is 8.26. The Labute approximate surface area is 135 Å². The third kappa shape index (κ3) is 3.28. The Morgan fingerprint density at radius 3 is 2.87 bits per heavy atom. The van der Waals surface area contributed by atoms with Crippen LogP contribution < -0.4 is 0 Å². The van der Waals surface area contributed by atoms with Gasteiger partial charge in [0.25, 0.3) is 0 Å². The zero-order valence-corrected chi connectivity index (χ0v) is 13.4. The molecule has 4 heterocycles. The van der Waals surface area contributed by atoms with Crippen molar-refractivity contribution in [2.45, 2.75) is 19.9 Å². The van der Waals surface area contributed by atoms with Crippen LogP contribution in [0.25, 0.3) is 0 Å². The largest absolute Gasteiger partial charge is 0.381 e. The van der Waals surface area contributed by atoms with Gasteiger partial charge in [0.05, 0.1) is 13.2 Å². The summed E-state index contributed by atoms with van der Waals surface area (Å²) in [5, 5.41) is 3.90. The number of pyridine rings is 1. The number of nitrogens with zero attached hydrogens (tertiary/aromatic N) is 4. The second-order valence-electron chi connectivity index (χ2n) is 6.71. The van der Waals surface area contributed by atoms with Crippen LogP contribution in [-0.2, 0) is 17.7 Å². The molecule has 0 radical (unpaired) electrons. The van der Waals surface area contributed by atoms with Gasteiger partial charge in [0.15, 0.2) is 5.82 Å². The van der Waals surface area contributed by atoms with Gasteiger partial charge < -0.3 is 9.26 Å². The molecule has 2 saturated heterocycles. The predicted molar refractivity (Wildman–Crippen MR) is 83.5 cm³/mol. The van der Waals surface area contributed by atoms with Crippen LogP contribution in [0.15, 0.2) is 29.0 Å². The number of hydrogen-bond donors (Lipinski definition) is 0. The van der Waals surface area contributed by atoms with E-state index in [2.05, 4.69) is 32.2 Å². The number of likely N-dealkylation sites (tertiary alicyclic amines) is 1. The maximum Gasteiger partial charge on any atom is 0.227 e. The van der Waals surface area contributed by atoms with Crippen molar-refractivity contribution in [1.82, 2.24) is 20.0 Å². The summed E-state index contributed by atoms with van der Waals surface area (Å²) in [6, 6.07) is 4.19. The van der Waals surface area contributed by atoms with E-state index in [0.717, 1.165) is 45.2 Å². The molecule has 3 atom stereocenters. The summed E-state index contributed by atoms with van der Waals surface area (Å²) >= 11 is 0. The lowest BCUT2D eigenvalue weighted by atomic mass is 9.81. The fraction of sp³-hybridized carbons (Fsp3) is 0.588. The van der Waals surface area contributed by atoms with E-state index >= 15 is 0 Å². The Hall–Kier alpha value is -1.79. The molecule has 122 valence electrons. The van der Waals surface area contributed by atoms with Crippen LogP contribution in [0, 0.1) is 24.7 Å². The van der Waals surface area contributed by atoms with Crippen LogP contribution in [0.3, 0.4) is 0 Å². The van der Waals surface area contributed by atoms with Crippen LogP contribution in [0.1, 0.15) is 17.3 Å². The monoisotopic (exact) mass is 314 g/mol. The third-order valence-electron chi connectivity index (χ3n) is 5.00. The predicted octanol–water partition coefficient (Wildman–Crippen LogP) is 1.71. The van der Waals surface area contributed by atoms with Gasteiger partial charge in [0, 0.05) is 38.4 Å². The van der Waals surface area contributed by atoms with E-state index in [-0.39, 0.29) is 0 Å². The first kappa shape index (κ1) is 14.8. The van der Waals surface area contributed by atoms with Crippen molar-refractivity contribution in [3.63, 3.8) is 0 Å². The highest BCUT2D eigenvalue weighted by molar-refractivity contribution is 5.10. The molecule has 0 bridgehead atoms. The fourth-order valence-electron chi connectivity index (χ4n) is 3.93. The minimum absolute atomic E-state index is 0.469. The fourth-order valence-corrected chi connectivity index (χ4v) is 3.93. The van der Waals surface area contributed by atoms with Gasteiger partial charge in [-0.2, -0.15) is 4.98 Å². The van der Waals surface area contributed by atoms with Crippen LogP contribution in [-0.4, -0.2) is 46.3 Å². The SMILES string of the molecule is Cc1noc(C[C@@H]2COC[C@H]3CN(Cc4ccncc4)C[C@@H]23)n1. The molecule has 0 spiro atoms. The average molecular weight is 314 g/mol. The standard InChI is InChI=1S/C17H22N4O2/c1-12-19-17(23-20-12)6-14-10-22-11-15-8-21(9-16(14)15)7-13-2-4-18-5-3-13/h2-5,14-16H,6-11H2,1H3/t14-,15-,16+/m1/s1. The van der Waals surface area contributed by atoms with E-state index in [1.807, 2.05) is 19.3 Å². The van der Waals surface area contributed by atoms with Gasteiger partial charge in [0.2, 0.25) is 5.89 Å². The number of ether oxygens (including phenoxy) is 1. The molecule has 4 rings (SSSR count). The van der Waals surface area contributed by atoms with E-state index in [9.17, 15) is 0 Å². The summed E-state index contributed by atoms with van der Waals surface area (Å²) < 4.78 is 11.1. The molecular weight excluding hydrogens is 292 g/mol. The van der Waals surface area contributed by atoms with Crippen molar-refractivity contribution in [2.75, 3.05) is 26.3 Å². The quantitative estimate of drug-likeness (QED) is 0.856. The van der Waals surface area contributed by atoms with Gasteiger partial charge in [-0.25, -0.2) is 0 Å². The number of aromatic nitrogens is 3. The lowest BCUT2D eigenvalue weighted by Gasteiger charge is -2.32. The summed E-state index contributed by atoms with van der Waals surface area (Å²) in [5.41, 5.74) is 1.32. The second-order valence-corrected chi connectivity index (χ2v) is 6.71. The highest BCUT2D eigenvalue weighted by atomic mass is 16.5. The molecule has 2 aliphatic rings. The Balaban J connectivity index is 1.42. The highest BCUT2D eigenvalue weighted by Crippen LogP contribution is 2.36. The van der Waals surface area contributed by atoms with Crippen LogP contribution in [0.2, 0.25) is 0 Å². The Morgan fingerprint density at radius 2 is 2.09 bits per heavy atom. The minimum atomic E-state index is 0.469. The number of aryl methyl sites for hydroxylation is 1. The Kier molecular flexibility index (Phi) is 4.10. The van der Waals surface area contributed by atoms with Crippen LogP contribution in [0.5, 0.6) is 0 Å². The van der Waals surface area contributed by atoms with Gasteiger partial charge >= 0.3 is 0 Å². The lowest BCUT2D eigenvalue weighted by Crippen LogP contribution is -2.36. The summed E-state index contributed by atoms with van der Waals surface area (Å²) in [6.07, 6.45) is 4.55. The molecule has 0 unspecified atom stereocenters. The normalized spacial score (nSPS) is 28.0. The molecule has 0 aromatic carbocycles. The summed E-state index contributed by atoms with van der Waals surface area (Å²) in [5.74, 6) is 3.18. The summed E-state index contributed by atoms with van der Waals surface area (Å²) in [4.78, 5) is 11.0. The van der Waals surface area contributed by atoms with Gasteiger partial charge in [-0.3, -0.25) is 9.88 Å². The average Bonchev–Trinajstić information content (AvgIpc) is 3.15. The molecule has 0 aliphatic carbocycles. The Morgan fingerprint density at radius 1 is 1.22 bits per heavy atom. The third-order valence-corrected chi connectivity index (χ3v) is 5.00. The van der Waals surface area contributed by atoms with Crippen molar-refractivity contribution in [3.05, 3.63) is 41.8 Å². The molecule has 6 heteroatoms. The van der Waals surface area contributed by atoms with Crippen molar-refractivity contribution in [3.8, 4) is 0 Å². The first-order valence-corrected chi connectivity index (χ1v) is 8.26. The number of fused-ring (bicyclic) bond motifs is 1. The lowest BCUT2D eigenvalue weighted by molar-refractivity contribution is -0.0110.